The molecule has 0 aromatic heterocycles. The third-order valence-electron chi connectivity index (χ3n) is 2.37. The molecule has 0 saturated heterocycles. The van der Waals surface area contributed by atoms with Crippen LogP contribution in [-0.4, -0.2) is 25.7 Å². The monoisotopic (exact) mass is 314 g/mol. The van der Waals surface area contributed by atoms with Crippen LogP contribution in [0.1, 0.15) is 29.3 Å². The van der Waals surface area contributed by atoms with Crippen molar-refractivity contribution >= 4 is 27.9 Å². The van der Waals surface area contributed by atoms with E-state index in [4.69, 9.17) is 4.74 Å². The molecule has 1 aromatic carbocycles. The van der Waals surface area contributed by atoms with E-state index in [2.05, 4.69) is 20.7 Å². The van der Waals surface area contributed by atoms with Crippen molar-refractivity contribution in [3.63, 3.8) is 0 Å². The summed E-state index contributed by atoms with van der Waals surface area (Å²) in [4.78, 5) is 22.7. The van der Waals surface area contributed by atoms with Gasteiger partial charge in [0, 0.05) is 10.9 Å². The maximum Gasteiger partial charge on any atom is 0.339 e. The van der Waals surface area contributed by atoms with Gasteiger partial charge in [-0.05, 0) is 47.0 Å². The molecule has 0 heterocycles. The van der Waals surface area contributed by atoms with Gasteiger partial charge in [0.1, 0.15) is 0 Å². The Morgan fingerprint density at radius 2 is 2.06 bits per heavy atom. The van der Waals surface area contributed by atoms with Gasteiger partial charge in [0.25, 0.3) is 0 Å². The lowest BCUT2D eigenvalue weighted by atomic mass is 10.1. The van der Waals surface area contributed by atoms with E-state index in [-0.39, 0.29) is 11.9 Å². The molecule has 0 N–H and O–H groups in total. The van der Waals surface area contributed by atoms with Gasteiger partial charge >= 0.3 is 11.9 Å². The molecule has 0 bridgehead atoms. The largest absolute Gasteiger partial charge is 0.469 e. The van der Waals surface area contributed by atoms with Crippen LogP contribution in [0.15, 0.2) is 22.7 Å². The maximum absolute atomic E-state index is 11.7. The van der Waals surface area contributed by atoms with Gasteiger partial charge in [-0.1, -0.05) is 6.07 Å². The number of hydrogen-bond acceptors (Lipinski definition) is 4. The van der Waals surface area contributed by atoms with Crippen molar-refractivity contribution < 1.29 is 19.1 Å². The van der Waals surface area contributed by atoms with Crippen molar-refractivity contribution in [3.05, 3.63) is 33.8 Å². The molecule has 18 heavy (non-hydrogen) atoms. The van der Waals surface area contributed by atoms with Crippen molar-refractivity contribution in [2.75, 3.05) is 13.7 Å². The number of esters is 2. The highest BCUT2D eigenvalue weighted by molar-refractivity contribution is 9.10. The first-order valence-corrected chi connectivity index (χ1v) is 6.40. The second-order valence-corrected chi connectivity index (χ2v) is 4.47. The predicted octanol–water partition coefficient (Wildman–Crippen LogP) is 2.73. The molecule has 4 nitrogen and oxygen atoms in total. The number of hydrogen-bond donors (Lipinski definition) is 0. The normalized spacial score (nSPS) is 9.94. The molecule has 0 aliphatic heterocycles. The molecule has 0 amide bonds. The average Bonchev–Trinajstić information content (AvgIpc) is 2.37. The van der Waals surface area contributed by atoms with Crippen molar-refractivity contribution in [1.82, 2.24) is 0 Å². The number of ether oxygens (including phenoxy) is 2. The molecule has 1 aromatic rings. The average molecular weight is 315 g/mol. The van der Waals surface area contributed by atoms with E-state index in [0.717, 1.165) is 5.56 Å². The fraction of sp³-hybridized carbons (Fsp3) is 0.385. The number of methoxy groups -OCH3 is 1. The van der Waals surface area contributed by atoms with E-state index in [0.29, 0.717) is 29.5 Å². The van der Waals surface area contributed by atoms with E-state index in [1.54, 1.807) is 19.1 Å². The quantitative estimate of drug-likeness (QED) is 0.784. The lowest BCUT2D eigenvalue weighted by molar-refractivity contribution is -0.140. The van der Waals surface area contributed by atoms with E-state index in [1.165, 1.54) is 7.11 Å². The van der Waals surface area contributed by atoms with Gasteiger partial charge in [0.05, 0.1) is 19.3 Å². The molecule has 0 atom stereocenters. The highest BCUT2D eigenvalue weighted by Gasteiger charge is 2.12. The van der Waals surface area contributed by atoms with Crippen molar-refractivity contribution in [1.29, 1.82) is 0 Å². The third kappa shape index (κ3) is 4.14. The van der Waals surface area contributed by atoms with Gasteiger partial charge in [0.15, 0.2) is 0 Å². The molecule has 0 aliphatic carbocycles. The second-order valence-electron chi connectivity index (χ2n) is 3.61. The van der Waals surface area contributed by atoms with E-state index < -0.39 is 0 Å². The first-order valence-electron chi connectivity index (χ1n) is 5.60. The summed E-state index contributed by atoms with van der Waals surface area (Å²) in [5.41, 5.74) is 1.37. The number of rotatable bonds is 5. The zero-order valence-corrected chi connectivity index (χ0v) is 12.0. The number of halogens is 1. The Hall–Kier alpha value is -1.36. The molecule has 1 rings (SSSR count). The van der Waals surface area contributed by atoms with Crippen LogP contribution in [0.5, 0.6) is 0 Å². The summed E-state index contributed by atoms with van der Waals surface area (Å²) >= 11 is 3.30. The van der Waals surface area contributed by atoms with Crippen LogP contribution in [0.2, 0.25) is 0 Å². The molecule has 0 fully saturated rings. The van der Waals surface area contributed by atoms with Crippen molar-refractivity contribution in [2.45, 2.75) is 19.8 Å². The summed E-state index contributed by atoms with van der Waals surface area (Å²) in [6, 6.07) is 5.36. The lowest BCUT2D eigenvalue weighted by Crippen LogP contribution is -2.07. The second kappa shape index (κ2) is 7.16. The Bertz CT molecular complexity index is 443. The topological polar surface area (TPSA) is 52.6 Å². The molecular formula is C13H15BrO4. The van der Waals surface area contributed by atoms with E-state index in [9.17, 15) is 9.59 Å². The number of benzene rings is 1. The Kier molecular flexibility index (Phi) is 5.85. The Labute approximate surface area is 114 Å². The van der Waals surface area contributed by atoms with Crippen LogP contribution in [0.25, 0.3) is 0 Å². The Balaban J connectivity index is 2.80. The van der Waals surface area contributed by atoms with Crippen LogP contribution in [0.4, 0.5) is 0 Å². The predicted molar refractivity (Wildman–Crippen MR) is 70.4 cm³/mol. The van der Waals surface area contributed by atoms with Crippen LogP contribution >= 0.6 is 15.9 Å². The summed E-state index contributed by atoms with van der Waals surface area (Å²) in [6.45, 7) is 2.09. The van der Waals surface area contributed by atoms with E-state index >= 15 is 0 Å². The van der Waals surface area contributed by atoms with Gasteiger partial charge in [-0.3, -0.25) is 4.79 Å². The number of carbonyl (C=O) groups is 2. The van der Waals surface area contributed by atoms with Crippen molar-refractivity contribution in [3.8, 4) is 0 Å². The fourth-order valence-electron chi connectivity index (χ4n) is 1.44. The van der Waals surface area contributed by atoms with E-state index in [1.807, 2.05) is 6.07 Å². The van der Waals surface area contributed by atoms with Gasteiger partial charge in [-0.2, -0.15) is 0 Å². The molecule has 0 aliphatic rings. The summed E-state index contributed by atoms with van der Waals surface area (Å²) < 4.78 is 10.2. The molecule has 0 unspecified atom stereocenters. The minimum atomic E-state index is -0.371. The standard InChI is InChI=1S/C13H15BrO4/c1-3-18-13(16)10-8-9(4-6-11(10)14)5-7-12(15)17-2/h4,6,8H,3,5,7H2,1-2H3. The van der Waals surface area contributed by atoms with Gasteiger partial charge in [-0.15, -0.1) is 0 Å². The third-order valence-corrected chi connectivity index (χ3v) is 3.06. The zero-order valence-electron chi connectivity index (χ0n) is 10.4. The molecule has 0 saturated carbocycles. The molecule has 0 radical (unpaired) electrons. The van der Waals surface area contributed by atoms with Crippen LogP contribution < -0.4 is 0 Å². The summed E-state index contributed by atoms with van der Waals surface area (Å²) in [6.07, 6.45) is 0.826. The van der Waals surface area contributed by atoms with Crippen molar-refractivity contribution in [2.24, 2.45) is 0 Å². The maximum atomic E-state index is 11.7. The summed E-state index contributed by atoms with van der Waals surface area (Å²) in [5.74, 6) is -0.639. The SMILES string of the molecule is CCOC(=O)c1cc(CCC(=O)OC)ccc1Br. The zero-order chi connectivity index (χ0) is 13.5. The Morgan fingerprint density at radius 3 is 2.67 bits per heavy atom. The summed E-state index contributed by atoms with van der Waals surface area (Å²) in [7, 11) is 1.36. The highest BCUT2D eigenvalue weighted by Crippen LogP contribution is 2.20. The fourth-order valence-corrected chi connectivity index (χ4v) is 1.85. The number of aryl methyl sites for hydroxylation is 1. The minimum absolute atomic E-state index is 0.268. The molecule has 5 heteroatoms. The molecule has 0 spiro atoms. The van der Waals surface area contributed by atoms with Crippen LogP contribution in [0, 0.1) is 0 Å². The smallest absolute Gasteiger partial charge is 0.339 e. The Morgan fingerprint density at radius 1 is 1.33 bits per heavy atom. The molecular weight excluding hydrogens is 300 g/mol. The number of carbonyl (C=O) groups excluding carboxylic acids is 2. The highest BCUT2D eigenvalue weighted by atomic mass is 79.9. The van der Waals surface area contributed by atoms with Crippen LogP contribution in [-0.2, 0) is 20.7 Å². The van der Waals surface area contributed by atoms with Crippen LogP contribution in [0.3, 0.4) is 0 Å². The van der Waals surface area contributed by atoms with Gasteiger partial charge < -0.3 is 9.47 Å². The van der Waals surface area contributed by atoms with Gasteiger partial charge in [-0.25, -0.2) is 4.79 Å². The minimum Gasteiger partial charge on any atom is -0.469 e. The summed E-state index contributed by atoms with van der Waals surface area (Å²) in [5, 5.41) is 0. The first kappa shape index (κ1) is 14.7. The van der Waals surface area contributed by atoms with Gasteiger partial charge in [0.2, 0.25) is 0 Å². The molecule has 98 valence electrons. The first-order chi connectivity index (χ1) is 8.58. The lowest BCUT2D eigenvalue weighted by Gasteiger charge is -2.07.